The molecule has 0 atom stereocenters. The Labute approximate surface area is 325 Å². The number of para-hydroxylation sites is 3. The average molecular weight is 931 g/mol. The van der Waals surface area contributed by atoms with Crippen LogP contribution < -0.4 is 4.40 Å². The summed E-state index contributed by atoms with van der Waals surface area (Å²) in [4.78, 5) is 9.55. The van der Waals surface area contributed by atoms with Crippen molar-refractivity contribution in [2.45, 2.75) is 23.8 Å². The molecule has 0 aliphatic heterocycles. The minimum Gasteiger partial charge on any atom is 0 e. The van der Waals surface area contributed by atoms with Crippen LogP contribution in [0.25, 0.3) is 66.7 Å². The smallest absolute Gasteiger partial charge is 0 e. The summed E-state index contributed by atoms with van der Waals surface area (Å²) in [6, 6.07) is 54.0. The van der Waals surface area contributed by atoms with Gasteiger partial charge in [-0.3, -0.25) is 4.98 Å². The molecular formula is C46H36FGeIrN3O-2. The minimum atomic E-state index is -1.72. The van der Waals surface area contributed by atoms with Crippen LogP contribution in [-0.4, -0.2) is 27.8 Å². The van der Waals surface area contributed by atoms with Gasteiger partial charge in [0.2, 0.25) is 0 Å². The molecule has 0 N–H and O–H groups in total. The number of benzene rings is 6. The topological polar surface area (TPSA) is 43.9 Å². The van der Waals surface area contributed by atoms with Crippen molar-refractivity contribution in [1.29, 1.82) is 0 Å². The first-order valence-corrected chi connectivity index (χ1v) is 24.7. The zero-order valence-corrected chi connectivity index (χ0v) is 34.1. The number of imidazole rings is 1. The van der Waals surface area contributed by atoms with Crippen molar-refractivity contribution in [2.24, 2.45) is 0 Å². The van der Waals surface area contributed by atoms with Crippen molar-refractivity contribution in [3.63, 3.8) is 0 Å². The molecule has 9 aromatic rings. The maximum Gasteiger partial charge on any atom is 0 e. The van der Waals surface area contributed by atoms with Crippen molar-refractivity contribution >= 4 is 50.6 Å². The SMILES string of the molecule is Fc1ccc(-c2cccc3c2oc2c(-c4nc5ccccc5n4Cc4ccccc4)[c-]ccc23)cc1.[CH3][Ge]([CH3])([CH3])[c]1ccc(-c2[c-]cccc2)nc1.[Ir]. The molecule has 0 spiro atoms. The molecule has 3 heterocycles. The van der Waals surface area contributed by atoms with E-state index < -0.39 is 13.3 Å². The van der Waals surface area contributed by atoms with Crippen LogP contribution in [0, 0.1) is 17.9 Å². The quantitative estimate of drug-likeness (QED) is 0.123. The van der Waals surface area contributed by atoms with E-state index in [9.17, 15) is 4.39 Å². The number of fused-ring (bicyclic) bond motifs is 4. The van der Waals surface area contributed by atoms with Crippen LogP contribution in [0.2, 0.25) is 17.3 Å². The van der Waals surface area contributed by atoms with Gasteiger partial charge >= 0.3 is 99.8 Å². The molecule has 0 aliphatic carbocycles. The van der Waals surface area contributed by atoms with Crippen LogP contribution in [0.15, 0.2) is 156 Å². The Morgan fingerprint density at radius 2 is 1.45 bits per heavy atom. The number of rotatable bonds is 6. The summed E-state index contributed by atoms with van der Waals surface area (Å²) in [6.07, 6.45) is 2.04. The number of aromatic nitrogens is 3. The van der Waals surface area contributed by atoms with Crippen molar-refractivity contribution < 1.29 is 28.9 Å². The number of halogens is 1. The second-order valence-corrected chi connectivity index (χ2v) is 24.5. The maximum atomic E-state index is 13.6. The number of pyridine rings is 1. The van der Waals surface area contributed by atoms with Gasteiger partial charge in [-0.05, 0) is 35.4 Å². The molecule has 0 amide bonds. The fourth-order valence-corrected chi connectivity index (χ4v) is 8.70. The molecule has 6 aromatic carbocycles. The van der Waals surface area contributed by atoms with E-state index in [2.05, 4.69) is 87.5 Å². The second kappa shape index (κ2) is 15.5. The second-order valence-electron chi connectivity index (χ2n) is 13.8. The molecule has 0 aliphatic rings. The summed E-state index contributed by atoms with van der Waals surface area (Å²) in [5, 5.41) is 2.01. The van der Waals surface area contributed by atoms with Gasteiger partial charge in [-0.1, -0.05) is 83.7 Å². The van der Waals surface area contributed by atoms with E-state index in [1.807, 2.05) is 79.0 Å². The van der Waals surface area contributed by atoms with Crippen molar-refractivity contribution in [3.8, 4) is 33.8 Å². The third-order valence-corrected chi connectivity index (χ3v) is 13.5. The van der Waals surface area contributed by atoms with Crippen LogP contribution in [0.1, 0.15) is 5.56 Å². The van der Waals surface area contributed by atoms with Crippen LogP contribution in [0.4, 0.5) is 4.39 Å². The van der Waals surface area contributed by atoms with Crippen molar-refractivity contribution in [2.75, 3.05) is 0 Å². The van der Waals surface area contributed by atoms with Gasteiger partial charge in [-0.25, -0.2) is 4.39 Å². The molecule has 3 aromatic heterocycles. The van der Waals surface area contributed by atoms with Crippen LogP contribution >= 0.6 is 0 Å². The number of hydrogen-bond acceptors (Lipinski definition) is 3. The standard InChI is InChI=1S/C32H20FN2O.C14H16GeN.Ir/c33-23-18-16-22(17-19-23)24-10-6-11-25-26-12-7-13-27(31(26)36-30(24)25)32-34-28-14-4-5-15-29(28)35(32)20-21-8-2-1-3-9-21;1-15(2,3)13-9-10-14(16-11-13)12-7-5-4-6-8-12;/h1-12,14-19H,20H2;4-7,9-11H,1-3H3;/q2*-1;. The Kier molecular flexibility index (Phi) is 10.6. The molecule has 4 nitrogen and oxygen atoms in total. The fourth-order valence-electron chi connectivity index (χ4n) is 6.53. The molecule has 0 saturated heterocycles. The van der Waals surface area contributed by atoms with Crippen molar-refractivity contribution in [1.82, 2.24) is 14.5 Å². The monoisotopic (exact) mass is 932 g/mol. The molecule has 7 heteroatoms. The molecule has 53 heavy (non-hydrogen) atoms. The van der Waals surface area contributed by atoms with Gasteiger partial charge in [-0.15, -0.1) is 18.2 Å². The van der Waals surface area contributed by atoms with Gasteiger partial charge in [0.1, 0.15) is 11.4 Å². The Bertz CT molecular complexity index is 2630. The van der Waals surface area contributed by atoms with Gasteiger partial charge in [0.05, 0.1) is 22.4 Å². The number of nitrogens with zero attached hydrogens (tertiary/aromatic N) is 3. The van der Waals surface area contributed by atoms with E-state index in [0.29, 0.717) is 6.54 Å². The van der Waals surface area contributed by atoms with E-state index in [4.69, 9.17) is 9.40 Å². The van der Waals surface area contributed by atoms with Crippen LogP contribution in [0.5, 0.6) is 0 Å². The molecule has 1 radical (unpaired) electrons. The minimum absolute atomic E-state index is 0. The summed E-state index contributed by atoms with van der Waals surface area (Å²) >= 11 is -1.72. The summed E-state index contributed by atoms with van der Waals surface area (Å²) < 4.78 is 23.8. The van der Waals surface area contributed by atoms with E-state index >= 15 is 0 Å². The zero-order valence-electron chi connectivity index (χ0n) is 29.6. The van der Waals surface area contributed by atoms with Gasteiger partial charge in [0, 0.05) is 37.6 Å². The largest absolute Gasteiger partial charge is 0 e. The third-order valence-electron chi connectivity index (χ3n) is 9.29. The van der Waals surface area contributed by atoms with E-state index in [0.717, 1.165) is 66.7 Å². The first-order chi connectivity index (χ1) is 25.3. The van der Waals surface area contributed by atoms with E-state index in [1.54, 1.807) is 12.1 Å². The molecule has 0 fully saturated rings. The van der Waals surface area contributed by atoms with Gasteiger partial charge in [0.25, 0.3) is 0 Å². The number of hydrogen-bond donors (Lipinski definition) is 0. The summed E-state index contributed by atoms with van der Waals surface area (Å²) in [7, 11) is 0. The molecule has 263 valence electrons. The summed E-state index contributed by atoms with van der Waals surface area (Å²) in [6.45, 7) is 0.683. The molecule has 9 rings (SSSR count). The zero-order chi connectivity index (χ0) is 35.7. The normalized spacial score (nSPS) is 11.3. The Morgan fingerprint density at radius 1 is 0.698 bits per heavy atom. The first-order valence-electron chi connectivity index (χ1n) is 17.4. The molecule has 0 bridgehead atoms. The van der Waals surface area contributed by atoms with Gasteiger partial charge < -0.3 is 8.98 Å². The summed E-state index contributed by atoms with van der Waals surface area (Å²) in [5.41, 5.74) is 9.42. The molecule has 0 unspecified atom stereocenters. The van der Waals surface area contributed by atoms with Gasteiger partial charge in [0.15, 0.2) is 0 Å². The van der Waals surface area contributed by atoms with Crippen LogP contribution in [-0.2, 0) is 26.7 Å². The molecular weight excluding hydrogens is 894 g/mol. The predicted molar refractivity (Wildman–Crippen MR) is 214 cm³/mol. The van der Waals surface area contributed by atoms with E-state index in [-0.39, 0.29) is 25.9 Å². The molecule has 0 saturated carbocycles. The maximum absolute atomic E-state index is 13.6. The Hall–Kier alpha value is -5.14. The van der Waals surface area contributed by atoms with E-state index in [1.165, 1.54) is 22.1 Å². The van der Waals surface area contributed by atoms with Crippen LogP contribution in [0.3, 0.4) is 0 Å². The van der Waals surface area contributed by atoms with Gasteiger partial charge in [-0.2, -0.15) is 0 Å². The predicted octanol–water partition coefficient (Wildman–Crippen LogP) is 11.3. The number of furan rings is 1. The third kappa shape index (κ3) is 7.54. The average Bonchev–Trinajstić information content (AvgIpc) is 3.74. The fraction of sp³-hybridized carbons (Fsp3) is 0.0870. The van der Waals surface area contributed by atoms with Crippen molar-refractivity contribution in [3.05, 3.63) is 175 Å². The Balaban J connectivity index is 0.000000216. The summed E-state index contributed by atoms with van der Waals surface area (Å²) in [5.74, 6) is 7.69. The first kappa shape index (κ1) is 36.2. The Morgan fingerprint density at radius 3 is 2.19 bits per heavy atom.